The molecule has 1 aliphatic rings. The first kappa shape index (κ1) is 12.8. The Morgan fingerprint density at radius 2 is 2.05 bits per heavy atom. The minimum absolute atomic E-state index is 0.930. The lowest BCUT2D eigenvalue weighted by Gasteiger charge is -2.25. The fourth-order valence-electron chi connectivity index (χ4n) is 2.47. The predicted octanol–water partition coefficient (Wildman–Crippen LogP) is 4.01. The van der Waals surface area contributed by atoms with Crippen LogP contribution in [0.15, 0.2) is 29.8 Å². The van der Waals surface area contributed by atoms with E-state index in [9.17, 15) is 0 Å². The molecule has 3 heteroatoms. The Kier molecular flexibility index (Phi) is 3.95. The third-order valence-electron chi connectivity index (χ3n) is 3.95. The van der Waals surface area contributed by atoms with Crippen molar-refractivity contribution in [1.29, 1.82) is 0 Å². The van der Waals surface area contributed by atoms with Crippen LogP contribution in [0.25, 0.3) is 10.4 Å². The number of nitrogens with one attached hydrogen (secondary N) is 1. The van der Waals surface area contributed by atoms with Gasteiger partial charge < -0.3 is 5.32 Å². The van der Waals surface area contributed by atoms with E-state index in [-0.39, 0.29) is 0 Å². The normalized spacial score (nSPS) is 15.4. The van der Waals surface area contributed by atoms with Gasteiger partial charge in [-0.3, -0.25) is 0 Å². The van der Waals surface area contributed by atoms with Gasteiger partial charge in [-0.1, -0.05) is 30.7 Å². The molecule has 1 aliphatic carbocycles. The number of aromatic nitrogens is 1. The zero-order valence-corrected chi connectivity index (χ0v) is 12.2. The molecule has 3 rings (SSSR count). The van der Waals surface area contributed by atoms with Crippen molar-refractivity contribution in [3.8, 4) is 10.4 Å². The minimum Gasteiger partial charge on any atom is -0.312 e. The Bertz CT molecular complexity index is 526. The van der Waals surface area contributed by atoms with E-state index in [4.69, 9.17) is 0 Å². The molecule has 1 N–H and O–H groups in total. The second-order valence-corrected chi connectivity index (χ2v) is 6.25. The van der Waals surface area contributed by atoms with E-state index < -0.39 is 0 Å². The quantitative estimate of drug-likeness (QED) is 0.889. The van der Waals surface area contributed by atoms with Crippen LogP contribution < -0.4 is 5.32 Å². The van der Waals surface area contributed by atoms with Crippen LogP contribution in [0.1, 0.15) is 30.5 Å². The summed E-state index contributed by atoms with van der Waals surface area (Å²) >= 11 is 1.71. The molecule has 0 bridgehead atoms. The van der Waals surface area contributed by atoms with Crippen molar-refractivity contribution >= 4 is 11.3 Å². The lowest BCUT2D eigenvalue weighted by Crippen LogP contribution is -2.26. The van der Waals surface area contributed by atoms with Crippen molar-refractivity contribution in [2.24, 2.45) is 5.92 Å². The molecule has 0 amide bonds. The van der Waals surface area contributed by atoms with E-state index >= 15 is 0 Å². The van der Waals surface area contributed by atoms with E-state index in [0.717, 1.165) is 18.2 Å². The molecule has 1 aromatic heterocycles. The standard InChI is InChI=1S/C16H20N2S/c1-12-16(19-11-18-12)15-7-5-14(6-8-15)10-17-9-13-3-2-4-13/h5-8,11,13,17H,2-4,9-10H2,1H3. The van der Waals surface area contributed by atoms with Crippen LogP contribution in [0, 0.1) is 12.8 Å². The summed E-state index contributed by atoms with van der Waals surface area (Å²) in [6.07, 6.45) is 4.25. The van der Waals surface area contributed by atoms with Crippen LogP contribution in [0.5, 0.6) is 0 Å². The first-order valence-corrected chi connectivity index (χ1v) is 7.91. The monoisotopic (exact) mass is 272 g/mol. The first-order chi connectivity index (χ1) is 9.33. The zero-order valence-electron chi connectivity index (χ0n) is 11.4. The van der Waals surface area contributed by atoms with Gasteiger partial charge in [0.05, 0.1) is 16.1 Å². The van der Waals surface area contributed by atoms with Gasteiger partial charge in [0.25, 0.3) is 0 Å². The Balaban J connectivity index is 1.57. The fraction of sp³-hybridized carbons (Fsp3) is 0.438. The summed E-state index contributed by atoms with van der Waals surface area (Å²) in [5.74, 6) is 0.930. The summed E-state index contributed by atoms with van der Waals surface area (Å²) in [7, 11) is 0. The van der Waals surface area contributed by atoms with Gasteiger partial charge in [0.15, 0.2) is 0 Å². The van der Waals surface area contributed by atoms with E-state index in [1.54, 1.807) is 11.3 Å². The highest BCUT2D eigenvalue weighted by atomic mass is 32.1. The third kappa shape index (κ3) is 3.04. The lowest BCUT2D eigenvalue weighted by atomic mass is 9.85. The summed E-state index contributed by atoms with van der Waals surface area (Å²) < 4.78 is 0. The largest absolute Gasteiger partial charge is 0.312 e. The number of aryl methyl sites for hydroxylation is 1. The third-order valence-corrected chi connectivity index (χ3v) is 4.93. The first-order valence-electron chi connectivity index (χ1n) is 7.03. The van der Waals surface area contributed by atoms with Crippen molar-refractivity contribution in [3.05, 3.63) is 41.0 Å². The summed E-state index contributed by atoms with van der Waals surface area (Å²) in [6.45, 7) is 4.23. The van der Waals surface area contributed by atoms with Crippen LogP contribution in [0.4, 0.5) is 0 Å². The topological polar surface area (TPSA) is 24.9 Å². The zero-order chi connectivity index (χ0) is 13.1. The molecule has 0 spiro atoms. The van der Waals surface area contributed by atoms with Crippen molar-refractivity contribution in [2.75, 3.05) is 6.54 Å². The summed E-state index contributed by atoms with van der Waals surface area (Å²) in [5.41, 5.74) is 5.69. The molecule has 2 nitrogen and oxygen atoms in total. The number of benzene rings is 1. The van der Waals surface area contributed by atoms with E-state index in [0.29, 0.717) is 0 Å². The molecular weight excluding hydrogens is 252 g/mol. The molecule has 19 heavy (non-hydrogen) atoms. The van der Waals surface area contributed by atoms with Crippen molar-refractivity contribution in [3.63, 3.8) is 0 Å². The van der Waals surface area contributed by atoms with Crippen LogP contribution >= 0.6 is 11.3 Å². The van der Waals surface area contributed by atoms with Crippen molar-refractivity contribution < 1.29 is 0 Å². The SMILES string of the molecule is Cc1ncsc1-c1ccc(CNCC2CCC2)cc1. The molecule has 0 aliphatic heterocycles. The van der Waals surface area contributed by atoms with Gasteiger partial charge in [0.1, 0.15) is 0 Å². The average Bonchev–Trinajstić information content (AvgIpc) is 2.80. The van der Waals surface area contributed by atoms with Crippen LogP contribution in [-0.4, -0.2) is 11.5 Å². The Labute approximate surface area is 118 Å². The predicted molar refractivity (Wildman–Crippen MR) is 81.3 cm³/mol. The maximum absolute atomic E-state index is 4.31. The van der Waals surface area contributed by atoms with Gasteiger partial charge in [-0.2, -0.15) is 0 Å². The molecule has 1 fully saturated rings. The van der Waals surface area contributed by atoms with Gasteiger partial charge in [-0.15, -0.1) is 11.3 Å². The average molecular weight is 272 g/mol. The van der Waals surface area contributed by atoms with Gasteiger partial charge in [0, 0.05) is 6.54 Å². The Hall–Kier alpha value is -1.19. The second-order valence-electron chi connectivity index (χ2n) is 5.39. The summed E-state index contributed by atoms with van der Waals surface area (Å²) in [6, 6.07) is 8.87. The molecule has 0 radical (unpaired) electrons. The van der Waals surface area contributed by atoms with Gasteiger partial charge in [-0.25, -0.2) is 4.98 Å². The number of nitrogens with zero attached hydrogens (tertiary/aromatic N) is 1. The van der Waals surface area contributed by atoms with Crippen molar-refractivity contribution in [2.45, 2.75) is 32.7 Å². The van der Waals surface area contributed by atoms with Crippen LogP contribution in [0.3, 0.4) is 0 Å². The maximum atomic E-state index is 4.31. The number of thiazole rings is 1. The molecule has 1 aromatic carbocycles. The molecule has 1 saturated carbocycles. The van der Waals surface area contributed by atoms with Crippen LogP contribution in [-0.2, 0) is 6.54 Å². The number of hydrogen-bond acceptors (Lipinski definition) is 3. The summed E-state index contributed by atoms with van der Waals surface area (Å²) in [4.78, 5) is 5.59. The fourth-order valence-corrected chi connectivity index (χ4v) is 3.28. The summed E-state index contributed by atoms with van der Waals surface area (Å²) in [5, 5.41) is 3.56. The highest BCUT2D eigenvalue weighted by Gasteiger charge is 2.16. The van der Waals surface area contributed by atoms with E-state index in [1.807, 2.05) is 5.51 Å². The molecule has 0 unspecified atom stereocenters. The maximum Gasteiger partial charge on any atom is 0.0801 e. The lowest BCUT2D eigenvalue weighted by molar-refractivity contribution is 0.301. The molecule has 0 atom stereocenters. The van der Waals surface area contributed by atoms with Gasteiger partial charge in [0.2, 0.25) is 0 Å². The molecule has 0 saturated heterocycles. The molecular formula is C16H20N2S. The Morgan fingerprint density at radius 3 is 2.63 bits per heavy atom. The van der Waals surface area contributed by atoms with Crippen LogP contribution in [0.2, 0.25) is 0 Å². The van der Waals surface area contributed by atoms with Gasteiger partial charge in [-0.05, 0) is 43.4 Å². The number of hydrogen-bond donors (Lipinski definition) is 1. The van der Waals surface area contributed by atoms with Crippen molar-refractivity contribution in [1.82, 2.24) is 10.3 Å². The Morgan fingerprint density at radius 1 is 1.26 bits per heavy atom. The smallest absolute Gasteiger partial charge is 0.0801 e. The molecule has 1 heterocycles. The highest BCUT2D eigenvalue weighted by molar-refractivity contribution is 7.13. The van der Waals surface area contributed by atoms with Gasteiger partial charge >= 0.3 is 0 Å². The number of rotatable bonds is 5. The van der Waals surface area contributed by atoms with E-state index in [1.165, 1.54) is 41.8 Å². The minimum atomic E-state index is 0.930. The molecule has 100 valence electrons. The second kappa shape index (κ2) is 5.85. The molecule has 2 aromatic rings. The van der Waals surface area contributed by atoms with E-state index in [2.05, 4.69) is 41.5 Å². The highest BCUT2D eigenvalue weighted by Crippen LogP contribution is 2.27.